The van der Waals surface area contributed by atoms with Crippen LogP contribution >= 0.6 is 11.6 Å². The Morgan fingerprint density at radius 1 is 1.33 bits per heavy atom. The molecule has 0 heterocycles. The van der Waals surface area contributed by atoms with Crippen LogP contribution in [0.1, 0.15) is 44.0 Å². The minimum atomic E-state index is -1.07. The van der Waals surface area contributed by atoms with Gasteiger partial charge in [-0.25, -0.2) is 4.79 Å². The van der Waals surface area contributed by atoms with Gasteiger partial charge in [0.15, 0.2) is 0 Å². The highest BCUT2D eigenvalue weighted by Gasteiger charge is 2.17. The number of carboxylic acid groups (broad SMARTS) is 1. The highest BCUT2D eigenvalue weighted by molar-refractivity contribution is 6.33. The van der Waals surface area contributed by atoms with Gasteiger partial charge in [-0.05, 0) is 38.5 Å². The molecule has 0 fully saturated rings. The van der Waals surface area contributed by atoms with Crippen LogP contribution in [0.5, 0.6) is 0 Å². The van der Waals surface area contributed by atoms with E-state index in [9.17, 15) is 9.59 Å². The van der Waals surface area contributed by atoms with Crippen molar-refractivity contribution in [2.45, 2.75) is 39.2 Å². The van der Waals surface area contributed by atoms with E-state index in [1.165, 1.54) is 18.2 Å². The standard InChI is InChI=1S/C15H21ClN2O3/c1-4-7-15(2,3)17-9-13(19)18-12-8-10(14(20)21)5-6-11(12)16/h5-6,8,17H,4,7,9H2,1-3H3,(H,18,19)(H,20,21). The number of benzene rings is 1. The van der Waals surface area contributed by atoms with Gasteiger partial charge in [-0.2, -0.15) is 0 Å². The number of halogens is 1. The van der Waals surface area contributed by atoms with Crippen molar-refractivity contribution in [1.29, 1.82) is 0 Å². The monoisotopic (exact) mass is 312 g/mol. The molecular formula is C15H21ClN2O3. The molecule has 0 atom stereocenters. The summed E-state index contributed by atoms with van der Waals surface area (Å²) in [5, 5.41) is 15.0. The molecule has 1 aromatic rings. The molecule has 0 saturated carbocycles. The van der Waals surface area contributed by atoms with E-state index in [1.54, 1.807) is 0 Å². The van der Waals surface area contributed by atoms with E-state index in [-0.39, 0.29) is 23.6 Å². The van der Waals surface area contributed by atoms with E-state index < -0.39 is 5.97 Å². The molecule has 0 unspecified atom stereocenters. The molecule has 0 spiro atoms. The normalized spacial score (nSPS) is 11.2. The molecule has 6 heteroatoms. The van der Waals surface area contributed by atoms with E-state index >= 15 is 0 Å². The minimum Gasteiger partial charge on any atom is -0.478 e. The number of amides is 1. The Morgan fingerprint density at radius 2 is 2.00 bits per heavy atom. The maximum Gasteiger partial charge on any atom is 0.335 e. The number of carbonyl (C=O) groups excluding carboxylic acids is 1. The second kappa shape index (κ2) is 7.43. The average Bonchev–Trinajstić information content (AvgIpc) is 2.39. The first-order valence-corrected chi connectivity index (χ1v) is 7.20. The molecule has 3 N–H and O–H groups in total. The molecule has 0 aromatic heterocycles. The molecular weight excluding hydrogens is 292 g/mol. The zero-order chi connectivity index (χ0) is 16.0. The quantitative estimate of drug-likeness (QED) is 0.722. The van der Waals surface area contributed by atoms with Crippen molar-refractivity contribution in [2.75, 3.05) is 11.9 Å². The largest absolute Gasteiger partial charge is 0.478 e. The third kappa shape index (κ3) is 5.73. The molecule has 0 bridgehead atoms. The van der Waals surface area contributed by atoms with Gasteiger partial charge in [-0.3, -0.25) is 4.79 Å². The van der Waals surface area contributed by atoms with Crippen molar-refractivity contribution in [2.24, 2.45) is 0 Å². The zero-order valence-electron chi connectivity index (χ0n) is 12.5. The Morgan fingerprint density at radius 3 is 2.57 bits per heavy atom. The highest BCUT2D eigenvalue weighted by atomic mass is 35.5. The lowest BCUT2D eigenvalue weighted by Crippen LogP contribution is -2.43. The van der Waals surface area contributed by atoms with Crippen LogP contribution in [-0.2, 0) is 4.79 Å². The van der Waals surface area contributed by atoms with Gasteiger partial charge in [0.2, 0.25) is 5.91 Å². The fraction of sp³-hybridized carbons (Fsp3) is 0.467. The van der Waals surface area contributed by atoms with E-state index in [0.29, 0.717) is 10.7 Å². The average molecular weight is 313 g/mol. The van der Waals surface area contributed by atoms with E-state index in [1.807, 2.05) is 13.8 Å². The van der Waals surface area contributed by atoms with Crippen molar-refractivity contribution >= 4 is 29.2 Å². The first-order valence-electron chi connectivity index (χ1n) is 6.83. The smallest absolute Gasteiger partial charge is 0.335 e. The van der Waals surface area contributed by atoms with E-state index in [2.05, 4.69) is 17.6 Å². The predicted octanol–water partition coefficient (Wildman–Crippen LogP) is 3.15. The Kier molecular flexibility index (Phi) is 6.18. The fourth-order valence-corrected chi connectivity index (χ4v) is 2.15. The van der Waals surface area contributed by atoms with Crippen molar-refractivity contribution in [3.05, 3.63) is 28.8 Å². The van der Waals surface area contributed by atoms with Gasteiger partial charge >= 0.3 is 5.97 Å². The van der Waals surface area contributed by atoms with Crippen LogP contribution in [0.4, 0.5) is 5.69 Å². The van der Waals surface area contributed by atoms with Crippen LogP contribution in [0.2, 0.25) is 5.02 Å². The van der Waals surface area contributed by atoms with E-state index in [4.69, 9.17) is 16.7 Å². The molecule has 0 aliphatic rings. The number of carboxylic acids is 1. The first-order chi connectivity index (χ1) is 9.75. The topological polar surface area (TPSA) is 78.4 Å². The Bertz CT molecular complexity index is 530. The van der Waals surface area contributed by atoms with Crippen molar-refractivity contribution in [1.82, 2.24) is 5.32 Å². The van der Waals surface area contributed by atoms with Gasteiger partial charge < -0.3 is 15.7 Å². The predicted molar refractivity (Wildman–Crippen MR) is 84.0 cm³/mol. The summed E-state index contributed by atoms with van der Waals surface area (Å²) in [5.74, 6) is -1.33. The summed E-state index contributed by atoms with van der Waals surface area (Å²) in [6.45, 7) is 6.28. The third-order valence-corrected chi connectivity index (χ3v) is 3.42. The number of carbonyl (C=O) groups is 2. The fourth-order valence-electron chi connectivity index (χ4n) is 1.98. The number of hydrogen-bond acceptors (Lipinski definition) is 3. The lowest BCUT2D eigenvalue weighted by atomic mass is 9.99. The lowest BCUT2D eigenvalue weighted by Gasteiger charge is -2.25. The summed E-state index contributed by atoms with van der Waals surface area (Å²) in [6, 6.07) is 4.19. The molecule has 0 radical (unpaired) electrons. The van der Waals surface area contributed by atoms with Crippen LogP contribution in [0, 0.1) is 0 Å². The van der Waals surface area contributed by atoms with Gasteiger partial charge in [-0.1, -0.05) is 24.9 Å². The second-order valence-electron chi connectivity index (χ2n) is 5.54. The van der Waals surface area contributed by atoms with Gasteiger partial charge in [0, 0.05) is 5.54 Å². The van der Waals surface area contributed by atoms with Crippen molar-refractivity contribution < 1.29 is 14.7 Å². The number of nitrogens with one attached hydrogen (secondary N) is 2. The lowest BCUT2D eigenvalue weighted by molar-refractivity contribution is -0.115. The van der Waals surface area contributed by atoms with Gasteiger partial charge in [0.25, 0.3) is 0 Å². The molecule has 1 rings (SSSR count). The molecule has 116 valence electrons. The van der Waals surface area contributed by atoms with Crippen molar-refractivity contribution in [3.8, 4) is 0 Å². The molecule has 1 amide bonds. The number of anilines is 1. The highest BCUT2D eigenvalue weighted by Crippen LogP contribution is 2.23. The summed E-state index contributed by atoms with van der Waals surface area (Å²) in [6.07, 6.45) is 1.98. The van der Waals surface area contributed by atoms with Crippen LogP contribution in [0.25, 0.3) is 0 Å². The van der Waals surface area contributed by atoms with Crippen LogP contribution in [0.15, 0.2) is 18.2 Å². The first kappa shape index (κ1) is 17.5. The molecule has 0 aliphatic carbocycles. The van der Waals surface area contributed by atoms with Crippen LogP contribution < -0.4 is 10.6 Å². The molecule has 1 aromatic carbocycles. The Hall–Kier alpha value is -1.59. The maximum atomic E-state index is 11.9. The van der Waals surface area contributed by atoms with Gasteiger partial charge in [0.1, 0.15) is 0 Å². The number of aromatic carboxylic acids is 1. The summed E-state index contributed by atoms with van der Waals surface area (Å²) in [7, 11) is 0. The van der Waals surface area contributed by atoms with E-state index in [0.717, 1.165) is 12.8 Å². The number of rotatable bonds is 7. The zero-order valence-corrected chi connectivity index (χ0v) is 13.3. The van der Waals surface area contributed by atoms with Crippen molar-refractivity contribution in [3.63, 3.8) is 0 Å². The summed E-state index contributed by atoms with van der Waals surface area (Å²) in [5.41, 5.74) is 0.254. The summed E-state index contributed by atoms with van der Waals surface area (Å²) in [4.78, 5) is 22.8. The summed E-state index contributed by atoms with van der Waals surface area (Å²) < 4.78 is 0. The molecule has 21 heavy (non-hydrogen) atoms. The Labute approximate surface area is 129 Å². The Balaban J connectivity index is 2.67. The SMILES string of the molecule is CCCC(C)(C)NCC(=O)Nc1cc(C(=O)O)ccc1Cl. The molecule has 0 aliphatic heterocycles. The van der Waals surface area contributed by atoms with Gasteiger partial charge in [-0.15, -0.1) is 0 Å². The molecule has 5 nitrogen and oxygen atoms in total. The molecule has 0 saturated heterocycles. The maximum absolute atomic E-state index is 11.9. The summed E-state index contributed by atoms with van der Waals surface area (Å²) >= 11 is 5.96. The second-order valence-corrected chi connectivity index (χ2v) is 5.94. The van der Waals surface area contributed by atoms with Crippen LogP contribution in [0.3, 0.4) is 0 Å². The third-order valence-electron chi connectivity index (χ3n) is 3.09. The van der Waals surface area contributed by atoms with Crippen LogP contribution in [-0.4, -0.2) is 29.1 Å². The van der Waals surface area contributed by atoms with Gasteiger partial charge in [0.05, 0.1) is 22.8 Å². The number of hydrogen-bond donors (Lipinski definition) is 3. The minimum absolute atomic E-state index is 0.0778.